The molecule has 198 valence electrons. The quantitative estimate of drug-likeness (QED) is 0.112. The van der Waals surface area contributed by atoms with Crippen molar-refractivity contribution < 1.29 is 33.5 Å². The minimum Gasteiger partial charge on any atom is -0.425 e. The molecule has 1 aromatic heterocycles. The van der Waals surface area contributed by atoms with Gasteiger partial charge in [0, 0.05) is 30.1 Å². The number of hydrogen-bond donors (Lipinski definition) is 2. The first kappa shape index (κ1) is 26.6. The summed E-state index contributed by atoms with van der Waals surface area (Å²) in [5, 5.41) is 6.04. The Morgan fingerprint density at radius 3 is 2.76 bits per heavy atom. The van der Waals surface area contributed by atoms with E-state index in [4.69, 9.17) is 20.0 Å². The van der Waals surface area contributed by atoms with Gasteiger partial charge in [-0.2, -0.15) is 9.36 Å². The highest BCUT2D eigenvalue weighted by Crippen LogP contribution is 2.41. The molecule has 15 heteroatoms. The maximum absolute atomic E-state index is 13.2. The van der Waals surface area contributed by atoms with E-state index < -0.39 is 41.5 Å². The van der Waals surface area contributed by atoms with Crippen LogP contribution >= 0.6 is 23.3 Å². The van der Waals surface area contributed by atoms with Gasteiger partial charge in [-0.25, -0.2) is 4.79 Å². The molecule has 0 saturated carbocycles. The summed E-state index contributed by atoms with van der Waals surface area (Å²) in [6.07, 6.45) is 5.83. The van der Waals surface area contributed by atoms with Crippen molar-refractivity contribution in [3.63, 3.8) is 0 Å². The van der Waals surface area contributed by atoms with E-state index in [1.807, 2.05) is 19.1 Å². The lowest BCUT2D eigenvalue weighted by Crippen LogP contribution is -2.71. The summed E-state index contributed by atoms with van der Waals surface area (Å²) in [5.41, 5.74) is 5.49. The number of oxime groups is 1. The first-order chi connectivity index (χ1) is 17.7. The first-order valence-corrected chi connectivity index (χ1v) is 13.3. The fraction of sp³-hybridized carbons (Fsp3) is 0.500. The number of thioether (sulfide) groups is 1. The molecule has 37 heavy (non-hydrogen) atoms. The number of nitrogens with one attached hydrogen (secondary N) is 1. The summed E-state index contributed by atoms with van der Waals surface area (Å²) in [5.74, 6) is -2.64. The van der Waals surface area contributed by atoms with Crippen LogP contribution < -0.4 is 11.1 Å². The molecule has 1 fully saturated rings. The second-order valence-corrected chi connectivity index (χ2v) is 10.6. The molecule has 0 aromatic carbocycles. The standard InChI is InChI=1S/C22H26N6O7S2/c1-4-14(33-11(3)29)34-21(32)13-9-10(2)36-20-16(19(31)28(13)20)24-18(30)15(17-25-22(23)37-27-17)26-35-12-7-5-6-8-12/h5,7,9-10,12,14,16,20H,4,6,8H2,1-3H3,(H,24,30)(H2,23,25,27)/t10?,12?,14?,16?,20-/m1/s1. The van der Waals surface area contributed by atoms with Gasteiger partial charge in [-0.05, 0) is 31.9 Å². The Kier molecular flexibility index (Phi) is 8.12. The Morgan fingerprint density at radius 1 is 1.35 bits per heavy atom. The molecule has 2 amide bonds. The van der Waals surface area contributed by atoms with Gasteiger partial charge in [-0.15, -0.1) is 11.8 Å². The fourth-order valence-electron chi connectivity index (χ4n) is 3.81. The van der Waals surface area contributed by atoms with E-state index in [1.54, 1.807) is 13.0 Å². The van der Waals surface area contributed by atoms with E-state index >= 15 is 0 Å². The van der Waals surface area contributed by atoms with Gasteiger partial charge in [0.05, 0.1) is 0 Å². The minimum absolute atomic E-state index is 0.0180. The van der Waals surface area contributed by atoms with Crippen LogP contribution in [-0.2, 0) is 33.5 Å². The van der Waals surface area contributed by atoms with Crippen molar-refractivity contribution in [1.29, 1.82) is 0 Å². The molecule has 13 nitrogen and oxygen atoms in total. The molecule has 4 unspecified atom stereocenters. The molecular weight excluding hydrogens is 524 g/mol. The summed E-state index contributed by atoms with van der Waals surface area (Å²) in [7, 11) is 0. The number of anilines is 1. The molecule has 4 rings (SSSR count). The zero-order chi connectivity index (χ0) is 26.7. The number of hydrogen-bond acceptors (Lipinski definition) is 13. The van der Waals surface area contributed by atoms with Gasteiger partial charge >= 0.3 is 11.9 Å². The number of β-lactam (4-membered cyclic amide) rings is 1. The number of aromatic nitrogens is 2. The van der Waals surface area contributed by atoms with Crippen molar-refractivity contribution in [3.05, 3.63) is 29.7 Å². The number of allylic oxidation sites excluding steroid dienone is 1. The highest BCUT2D eigenvalue weighted by molar-refractivity contribution is 8.00. The summed E-state index contributed by atoms with van der Waals surface area (Å²) < 4.78 is 14.3. The van der Waals surface area contributed by atoms with Crippen LogP contribution in [0.25, 0.3) is 0 Å². The Bertz CT molecular complexity index is 1180. The summed E-state index contributed by atoms with van der Waals surface area (Å²) in [4.78, 5) is 61.1. The summed E-state index contributed by atoms with van der Waals surface area (Å²) >= 11 is 2.28. The maximum Gasteiger partial charge on any atom is 0.357 e. The van der Waals surface area contributed by atoms with Crippen molar-refractivity contribution in [3.8, 4) is 0 Å². The van der Waals surface area contributed by atoms with Gasteiger partial charge in [-0.1, -0.05) is 18.2 Å². The maximum atomic E-state index is 13.2. The van der Waals surface area contributed by atoms with Crippen LogP contribution in [0.3, 0.4) is 0 Å². The SMILES string of the molecule is CCC(OC(C)=O)OC(=O)C1=CC(C)S[C@@H]2C(NC(=O)C(=NOC3C=CCC3)c3nsc(N)n3)C(=O)N12. The van der Waals surface area contributed by atoms with Crippen molar-refractivity contribution in [2.75, 3.05) is 5.73 Å². The molecule has 0 spiro atoms. The third-order valence-corrected chi connectivity index (χ3v) is 7.40. The monoisotopic (exact) mass is 550 g/mol. The van der Waals surface area contributed by atoms with E-state index in [9.17, 15) is 19.2 Å². The minimum atomic E-state index is -1.08. The van der Waals surface area contributed by atoms with E-state index in [1.165, 1.54) is 23.6 Å². The second kappa shape index (κ2) is 11.3. The number of carbonyl (C=O) groups is 4. The van der Waals surface area contributed by atoms with E-state index in [0.29, 0.717) is 0 Å². The number of fused-ring (bicyclic) bond motifs is 1. The number of esters is 2. The lowest BCUT2D eigenvalue weighted by atomic mass is 10.0. The van der Waals surface area contributed by atoms with Crippen LogP contribution in [0.5, 0.6) is 0 Å². The Balaban J connectivity index is 1.47. The Morgan fingerprint density at radius 2 is 2.14 bits per heavy atom. The van der Waals surface area contributed by atoms with Crippen molar-refractivity contribution >= 4 is 57.9 Å². The zero-order valence-electron chi connectivity index (χ0n) is 20.3. The zero-order valence-corrected chi connectivity index (χ0v) is 21.9. The highest BCUT2D eigenvalue weighted by Gasteiger charge is 2.54. The van der Waals surface area contributed by atoms with E-state index in [0.717, 1.165) is 24.4 Å². The van der Waals surface area contributed by atoms with Crippen LogP contribution in [0, 0.1) is 0 Å². The number of carbonyl (C=O) groups excluding carboxylic acids is 4. The lowest BCUT2D eigenvalue weighted by molar-refractivity contribution is -0.186. The van der Waals surface area contributed by atoms with Gasteiger partial charge in [0.1, 0.15) is 23.2 Å². The predicted octanol–water partition coefficient (Wildman–Crippen LogP) is 1.07. The molecule has 2 aliphatic heterocycles. The molecule has 1 aliphatic carbocycles. The number of amides is 2. The normalized spacial score (nSPS) is 25.5. The molecule has 1 aromatic rings. The molecule has 0 radical (unpaired) electrons. The molecule has 1 saturated heterocycles. The molecule has 5 atom stereocenters. The lowest BCUT2D eigenvalue weighted by Gasteiger charge is -2.49. The molecular formula is C22H26N6O7S2. The van der Waals surface area contributed by atoms with Crippen molar-refractivity contribution in [1.82, 2.24) is 19.6 Å². The topological polar surface area (TPSA) is 175 Å². The van der Waals surface area contributed by atoms with Crippen LogP contribution in [0.2, 0.25) is 0 Å². The van der Waals surface area contributed by atoms with Crippen LogP contribution in [0.15, 0.2) is 29.1 Å². The average molecular weight is 551 g/mol. The Hall–Kier alpha value is -3.46. The summed E-state index contributed by atoms with van der Waals surface area (Å²) in [6, 6.07) is -0.945. The van der Waals surface area contributed by atoms with Crippen molar-refractivity contribution in [2.24, 2.45) is 5.16 Å². The van der Waals surface area contributed by atoms with Gasteiger partial charge in [0.15, 0.2) is 5.13 Å². The van der Waals surface area contributed by atoms with Crippen LogP contribution in [-0.4, -0.2) is 72.8 Å². The van der Waals surface area contributed by atoms with Gasteiger partial charge in [0.25, 0.3) is 11.8 Å². The number of ether oxygens (including phenoxy) is 2. The number of nitrogens with zero attached hydrogens (tertiary/aromatic N) is 4. The van der Waals surface area contributed by atoms with Crippen LogP contribution in [0.4, 0.5) is 5.13 Å². The summed E-state index contributed by atoms with van der Waals surface area (Å²) in [6.45, 7) is 4.74. The third kappa shape index (κ3) is 5.93. The van der Waals surface area contributed by atoms with Gasteiger partial charge in [-0.3, -0.25) is 19.3 Å². The molecule has 3 N–H and O–H groups in total. The third-order valence-electron chi connectivity index (χ3n) is 5.53. The van der Waals surface area contributed by atoms with E-state index in [-0.39, 0.29) is 40.1 Å². The van der Waals surface area contributed by atoms with E-state index in [2.05, 4.69) is 19.8 Å². The molecule has 3 heterocycles. The largest absolute Gasteiger partial charge is 0.425 e. The van der Waals surface area contributed by atoms with Crippen molar-refractivity contribution in [2.45, 2.75) is 69.1 Å². The fourth-order valence-corrected chi connectivity index (χ4v) is 5.58. The van der Waals surface area contributed by atoms with Gasteiger partial charge in [0.2, 0.25) is 17.8 Å². The predicted molar refractivity (Wildman–Crippen MR) is 134 cm³/mol. The number of rotatable bonds is 9. The molecule has 0 bridgehead atoms. The number of nitrogens with two attached hydrogens (primary N) is 1. The smallest absolute Gasteiger partial charge is 0.357 e. The average Bonchev–Trinajstić information content (AvgIpc) is 3.53. The highest BCUT2D eigenvalue weighted by atomic mass is 32.2. The Labute approximate surface area is 220 Å². The number of nitrogen functional groups attached to an aromatic ring is 1. The molecule has 3 aliphatic rings. The second-order valence-electron chi connectivity index (χ2n) is 8.34. The van der Waals surface area contributed by atoms with Crippen LogP contribution in [0.1, 0.15) is 45.9 Å². The van der Waals surface area contributed by atoms with Gasteiger partial charge < -0.3 is 25.4 Å². The first-order valence-electron chi connectivity index (χ1n) is 11.6.